The van der Waals surface area contributed by atoms with Crippen LogP contribution in [0, 0.1) is 5.92 Å². The Kier molecular flexibility index (Phi) is 5.51. The van der Waals surface area contributed by atoms with Crippen molar-refractivity contribution in [2.24, 2.45) is 5.92 Å². The summed E-state index contributed by atoms with van der Waals surface area (Å²) in [6.07, 6.45) is 5.57. The lowest BCUT2D eigenvalue weighted by molar-refractivity contribution is -0.120. The van der Waals surface area contributed by atoms with Crippen LogP contribution < -0.4 is 5.32 Å². The van der Waals surface area contributed by atoms with Crippen molar-refractivity contribution >= 4 is 17.5 Å². The molecule has 0 spiro atoms. The number of carbonyl (C=O) groups is 2. The van der Waals surface area contributed by atoms with Gasteiger partial charge in [-0.05, 0) is 44.0 Å². The number of carbonyl (C=O) groups excluding carboxylic acids is 2. The third-order valence-corrected chi connectivity index (χ3v) is 4.90. The molecule has 2 aliphatic rings. The largest absolute Gasteiger partial charge is 0.375 e. The van der Waals surface area contributed by atoms with Crippen LogP contribution in [0.4, 0.5) is 5.69 Å². The summed E-state index contributed by atoms with van der Waals surface area (Å²) in [5.41, 5.74) is 1.41. The first-order chi connectivity index (χ1) is 11.6. The first-order valence-electron chi connectivity index (χ1n) is 8.95. The first-order valence-corrected chi connectivity index (χ1v) is 8.95. The molecule has 3 rings (SSSR count). The van der Waals surface area contributed by atoms with E-state index in [9.17, 15) is 9.59 Å². The van der Waals surface area contributed by atoms with Gasteiger partial charge in [0.2, 0.25) is 5.91 Å². The predicted molar refractivity (Wildman–Crippen MR) is 93.0 cm³/mol. The summed E-state index contributed by atoms with van der Waals surface area (Å²) in [4.78, 5) is 26.6. The van der Waals surface area contributed by atoms with E-state index < -0.39 is 0 Å². The molecule has 5 nitrogen and oxygen atoms in total. The number of anilines is 1. The maximum atomic E-state index is 12.5. The highest BCUT2D eigenvalue weighted by molar-refractivity contribution is 5.96. The van der Waals surface area contributed by atoms with Crippen molar-refractivity contribution in [3.05, 3.63) is 29.8 Å². The molecule has 1 atom stereocenters. The van der Waals surface area contributed by atoms with Crippen molar-refractivity contribution < 1.29 is 14.3 Å². The summed E-state index contributed by atoms with van der Waals surface area (Å²) < 4.78 is 5.47. The Labute approximate surface area is 143 Å². The zero-order chi connectivity index (χ0) is 16.9. The van der Waals surface area contributed by atoms with Crippen molar-refractivity contribution in [1.29, 1.82) is 0 Å². The fraction of sp³-hybridized carbons (Fsp3) is 0.579. The van der Waals surface area contributed by atoms with Gasteiger partial charge in [-0.1, -0.05) is 19.3 Å². The van der Waals surface area contributed by atoms with Gasteiger partial charge in [-0.2, -0.15) is 0 Å². The van der Waals surface area contributed by atoms with Crippen LogP contribution in [0.1, 0.15) is 49.4 Å². The number of nitrogens with one attached hydrogen (secondary N) is 1. The minimum atomic E-state index is 0.0234. The van der Waals surface area contributed by atoms with Crippen molar-refractivity contribution in [2.75, 3.05) is 25.0 Å². The third-order valence-electron chi connectivity index (χ3n) is 4.90. The Hall–Kier alpha value is -1.88. The minimum Gasteiger partial charge on any atom is -0.375 e. The molecule has 1 saturated heterocycles. The summed E-state index contributed by atoms with van der Waals surface area (Å²) in [6.45, 7) is 3.81. The molecule has 1 unspecified atom stereocenters. The van der Waals surface area contributed by atoms with E-state index >= 15 is 0 Å². The summed E-state index contributed by atoms with van der Waals surface area (Å²) in [5, 5.41) is 2.98. The Balaban J connectivity index is 1.58. The van der Waals surface area contributed by atoms with Gasteiger partial charge in [0.15, 0.2) is 0 Å². The van der Waals surface area contributed by atoms with Gasteiger partial charge in [-0.25, -0.2) is 0 Å². The maximum absolute atomic E-state index is 12.5. The van der Waals surface area contributed by atoms with Gasteiger partial charge in [-0.15, -0.1) is 0 Å². The average molecular weight is 330 g/mol. The van der Waals surface area contributed by atoms with Crippen LogP contribution in [0.5, 0.6) is 0 Å². The predicted octanol–water partition coefficient (Wildman–Crippen LogP) is 3.07. The highest BCUT2D eigenvalue weighted by Crippen LogP contribution is 2.25. The van der Waals surface area contributed by atoms with Gasteiger partial charge in [0.05, 0.1) is 12.7 Å². The number of hydrogen-bond donors (Lipinski definition) is 1. The van der Waals surface area contributed by atoms with E-state index in [1.807, 2.05) is 24.0 Å². The van der Waals surface area contributed by atoms with Crippen molar-refractivity contribution in [2.45, 2.75) is 45.1 Å². The fourth-order valence-corrected chi connectivity index (χ4v) is 3.49. The van der Waals surface area contributed by atoms with Gasteiger partial charge in [0.25, 0.3) is 5.91 Å². The summed E-state index contributed by atoms with van der Waals surface area (Å²) in [6, 6.07) is 7.22. The van der Waals surface area contributed by atoms with Gasteiger partial charge in [-0.3, -0.25) is 9.59 Å². The second kappa shape index (κ2) is 7.79. The average Bonchev–Trinajstić information content (AvgIpc) is 2.62. The Morgan fingerprint density at radius 2 is 1.83 bits per heavy atom. The van der Waals surface area contributed by atoms with Gasteiger partial charge in [0, 0.05) is 30.3 Å². The summed E-state index contributed by atoms with van der Waals surface area (Å²) in [7, 11) is 0. The van der Waals surface area contributed by atoms with E-state index in [1.165, 1.54) is 6.42 Å². The molecule has 0 aromatic heterocycles. The smallest absolute Gasteiger partial charge is 0.254 e. The van der Waals surface area contributed by atoms with Crippen LogP contribution in [-0.4, -0.2) is 42.5 Å². The fourth-order valence-electron chi connectivity index (χ4n) is 3.49. The van der Waals surface area contributed by atoms with Crippen LogP contribution in [-0.2, 0) is 9.53 Å². The number of nitrogens with zero attached hydrogens (tertiary/aromatic N) is 1. The highest BCUT2D eigenvalue weighted by Gasteiger charge is 2.23. The molecule has 130 valence electrons. The zero-order valence-corrected chi connectivity index (χ0v) is 14.3. The molecule has 0 bridgehead atoms. The third kappa shape index (κ3) is 4.15. The van der Waals surface area contributed by atoms with Gasteiger partial charge in [0.1, 0.15) is 0 Å². The normalized spacial score (nSPS) is 22.2. The summed E-state index contributed by atoms with van der Waals surface area (Å²) >= 11 is 0. The number of amides is 2. The maximum Gasteiger partial charge on any atom is 0.254 e. The molecular weight excluding hydrogens is 304 g/mol. The van der Waals surface area contributed by atoms with E-state index in [1.54, 1.807) is 12.1 Å². The van der Waals surface area contributed by atoms with Gasteiger partial charge >= 0.3 is 0 Å². The molecule has 1 saturated carbocycles. The van der Waals surface area contributed by atoms with Crippen LogP contribution >= 0.6 is 0 Å². The number of morpholine rings is 1. The first kappa shape index (κ1) is 17.0. The second-order valence-corrected chi connectivity index (χ2v) is 6.83. The molecule has 1 aliphatic heterocycles. The van der Waals surface area contributed by atoms with Crippen LogP contribution in [0.25, 0.3) is 0 Å². The van der Waals surface area contributed by atoms with Crippen LogP contribution in [0.15, 0.2) is 24.3 Å². The van der Waals surface area contributed by atoms with Crippen molar-refractivity contribution in [3.63, 3.8) is 0 Å². The van der Waals surface area contributed by atoms with E-state index in [0.29, 0.717) is 25.3 Å². The summed E-state index contributed by atoms with van der Waals surface area (Å²) in [5.74, 6) is 0.265. The van der Waals surface area contributed by atoms with Crippen LogP contribution in [0.2, 0.25) is 0 Å². The standard InChI is InChI=1S/C19H26N2O3/c1-14-13-21(11-12-24-14)19(23)16-7-9-17(10-8-16)20-18(22)15-5-3-2-4-6-15/h7-10,14-15H,2-6,11-13H2,1H3,(H,20,22). The number of ether oxygens (including phenoxy) is 1. The number of rotatable bonds is 3. The molecule has 1 N–H and O–H groups in total. The number of hydrogen-bond acceptors (Lipinski definition) is 3. The highest BCUT2D eigenvalue weighted by atomic mass is 16.5. The molecule has 2 fully saturated rings. The molecule has 0 radical (unpaired) electrons. The SMILES string of the molecule is CC1CN(C(=O)c2ccc(NC(=O)C3CCCCC3)cc2)CCO1. The molecule has 1 aromatic carbocycles. The van der Waals surface area contributed by atoms with Gasteiger partial charge < -0.3 is 15.0 Å². The monoisotopic (exact) mass is 330 g/mol. The van der Waals surface area contributed by atoms with Crippen molar-refractivity contribution in [1.82, 2.24) is 4.90 Å². The molecule has 2 amide bonds. The minimum absolute atomic E-state index is 0.0234. The Morgan fingerprint density at radius 1 is 1.12 bits per heavy atom. The lowest BCUT2D eigenvalue weighted by Crippen LogP contribution is -2.44. The Morgan fingerprint density at radius 3 is 2.50 bits per heavy atom. The lowest BCUT2D eigenvalue weighted by Gasteiger charge is -2.31. The van der Waals surface area contributed by atoms with Crippen LogP contribution in [0.3, 0.4) is 0 Å². The Bertz CT molecular complexity index is 579. The molecule has 5 heteroatoms. The molecule has 1 aliphatic carbocycles. The lowest BCUT2D eigenvalue weighted by atomic mass is 9.88. The molecule has 1 heterocycles. The molecular formula is C19H26N2O3. The van der Waals surface area contributed by atoms with Crippen molar-refractivity contribution in [3.8, 4) is 0 Å². The molecule has 1 aromatic rings. The molecule has 24 heavy (non-hydrogen) atoms. The van der Waals surface area contributed by atoms with E-state index in [-0.39, 0.29) is 23.8 Å². The quantitative estimate of drug-likeness (QED) is 0.926. The topological polar surface area (TPSA) is 58.6 Å². The zero-order valence-electron chi connectivity index (χ0n) is 14.3. The number of benzene rings is 1. The van der Waals surface area contributed by atoms with E-state index in [4.69, 9.17) is 4.74 Å². The van der Waals surface area contributed by atoms with E-state index in [0.717, 1.165) is 31.4 Å². The second-order valence-electron chi connectivity index (χ2n) is 6.83. The van der Waals surface area contributed by atoms with E-state index in [2.05, 4.69) is 5.32 Å².